The summed E-state index contributed by atoms with van der Waals surface area (Å²) in [5, 5.41) is 3.72. The third-order valence-electron chi connectivity index (χ3n) is 6.20. The van der Waals surface area contributed by atoms with Crippen molar-refractivity contribution in [3.8, 4) is 22.8 Å². The van der Waals surface area contributed by atoms with Gasteiger partial charge < -0.3 is 19.7 Å². The maximum atomic E-state index is 13.1. The molecule has 4 rings (SSSR count). The Morgan fingerprint density at radius 2 is 1.70 bits per heavy atom. The first-order chi connectivity index (χ1) is 18.0. The average molecular weight is 503 g/mol. The third-order valence-corrected chi connectivity index (χ3v) is 6.20. The van der Waals surface area contributed by atoms with E-state index in [1.165, 1.54) is 18.5 Å². The highest BCUT2D eigenvalue weighted by molar-refractivity contribution is 5.95. The summed E-state index contributed by atoms with van der Waals surface area (Å²) in [6.07, 6.45) is 1.69. The van der Waals surface area contributed by atoms with E-state index in [1.54, 1.807) is 19.2 Å². The number of likely N-dealkylation sites (N-methyl/N-ethyl adjacent to an activating group) is 1. The zero-order valence-corrected chi connectivity index (χ0v) is 21.3. The van der Waals surface area contributed by atoms with Gasteiger partial charge in [-0.15, -0.1) is 0 Å². The van der Waals surface area contributed by atoms with Crippen molar-refractivity contribution >= 4 is 22.5 Å². The van der Waals surface area contributed by atoms with Crippen LogP contribution in [-0.2, 0) is 11.2 Å². The van der Waals surface area contributed by atoms with E-state index in [9.17, 15) is 9.18 Å². The molecule has 1 N–H and O–H groups in total. The summed E-state index contributed by atoms with van der Waals surface area (Å²) in [4.78, 5) is 23.6. The highest BCUT2D eigenvalue weighted by Gasteiger charge is 2.14. The van der Waals surface area contributed by atoms with Gasteiger partial charge in [0.25, 0.3) is 0 Å². The lowest BCUT2D eigenvalue weighted by Crippen LogP contribution is -2.27. The predicted octanol–water partition coefficient (Wildman–Crippen LogP) is 5.35. The Hall–Kier alpha value is -4.04. The SMILES string of the molecule is CCN(CC)CCOc1cc2c(-c3ccc(NC(=O)Cc4ccc(F)cc4)cc3)ncnc2cc1OC. The number of carbonyl (C=O) groups is 1. The van der Waals surface area contributed by atoms with Gasteiger partial charge in [-0.05, 0) is 49.0 Å². The number of halogens is 1. The fourth-order valence-electron chi connectivity index (χ4n) is 4.10. The first-order valence-corrected chi connectivity index (χ1v) is 12.3. The molecule has 3 aromatic carbocycles. The molecule has 0 atom stereocenters. The van der Waals surface area contributed by atoms with E-state index in [0.29, 0.717) is 23.8 Å². The first kappa shape index (κ1) is 26.0. The molecule has 0 radical (unpaired) electrons. The Labute approximate surface area is 216 Å². The lowest BCUT2D eigenvalue weighted by Gasteiger charge is -2.19. The molecule has 1 amide bonds. The average Bonchev–Trinajstić information content (AvgIpc) is 2.92. The highest BCUT2D eigenvalue weighted by Crippen LogP contribution is 2.35. The highest BCUT2D eigenvalue weighted by atomic mass is 19.1. The van der Waals surface area contributed by atoms with Crippen LogP contribution in [0, 0.1) is 5.82 Å². The van der Waals surface area contributed by atoms with Gasteiger partial charge in [-0.2, -0.15) is 0 Å². The summed E-state index contributed by atoms with van der Waals surface area (Å²) >= 11 is 0. The maximum Gasteiger partial charge on any atom is 0.228 e. The van der Waals surface area contributed by atoms with Crippen LogP contribution < -0.4 is 14.8 Å². The van der Waals surface area contributed by atoms with E-state index in [-0.39, 0.29) is 18.1 Å². The number of nitrogens with zero attached hydrogens (tertiary/aromatic N) is 3. The van der Waals surface area contributed by atoms with Crippen molar-refractivity contribution in [2.24, 2.45) is 0 Å². The minimum absolute atomic E-state index is 0.164. The van der Waals surface area contributed by atoms with Gasteiger partial charge in [-0.1, -0.05) is 38.1 Å². The largest absolute Gasteiger partial charge is 0.493 e. The lowest BCUT2D eigenvalue weighted by atomic mass is 10.1. The fraction of sp³-hybridized carbons (Fsp3) is 0.276. The summed E-state index contributed by atoms with van der Waals surface area (Å²) in [7, 11) is 1.61. The van der Waals surface area contributed by atoms with Crippen LogP contribution in [0.5, 0.6) is 11.5 Å². The number of methoxy groups -OCH3 is 1. The fourth-order valence-corrected chi connectivity index (χ4v) is 4.10. The number of hydrogen-bond acceptors (Lipinski definition) is 6. The molecule has 0 aliphatic rings. The van der Waals surface area contributed by atoms with Crippen LogP contribution in [-0.4, -0.2) is 54.1 Å². The van der Waals surface area contributed by atoms with Crippen molar-refractivity contribution in [3.05, 3.63) is 78.4 Å². The zero-order chi connectivity index (χ0) is 26.2. The Morgan fingerprint density at radius 3 is 2.38 bits per heavy atom. The lowest BCUT2D eigenvalue weighted by molar-refractivity contribution is -0.115. The van der Waals surface area contributed by atoms with E-state index >= 15 is 0 Å². The first-order valence-electron chi connectivity index (χ1n) is 12.3. The van der Waals surface area contributed by atoms with Crippen LogP contribution >= 0.6 is 0 Å². The third kappa shape index (κ3) is 6.59. The quantitative estimate of drug-likeness (QED) is 0.298. The Bertz CT molecular complexity index is 1340. The molecule has 4 aromatic rings. The van der Waals surface area contributed by atoms with Gasteiger partial charge in [0.15, 0.2) is 11.5 Å². The Balaban J connectivity index is 1.52. The number of amides is 1. The van der Waals surface area contributed by atoms with Gasteiger partial charge in [0, 0.05) is 29.2 Å². The topological polar surface area (TPSA) is 76.6 Å². The number of benzene rings is 3. The second kappa shape index (κ2) is 12.3. The van der Waals surface area contributed by atoms with Crippen LogP contribution in [0.3, 0.4) is 0 Å². The second-order valence-corrected chi connectivity index (χ2v) is 8.55. The van der Waals surface area contributed by atoms with E-state index in [4.69, 9.17) is 9.47 Å². The van der Waals surface area contributed by atoms with Crippen LogP contribution in [0.1, 0.15) is 19.4 Å². The number of nitrogens with one attached hydrogen (secondary N) is 1. The minimum atomic E-state index is -0.325. The molecule has 0 saturated carbocycles. The number of rotatable bonds is 11. The molecule has 0 spiro atoms. The monoisotopic (exact) mass is 502 g/mol. The molecule has 0 saturated heterocycles. The van der Waals surface area contributed by atoms with Gasteiger partial charge in [0.1, 0.15) is 18.8 Å². The molecule has 0 aliphatic carbocycles. The molecule has 1 heterocycles. The van der Waals surface area contributed by atoms with Crippen molar-refractivity contribution in [2.45, 2.75) is 20.3 Å². The molecular formula is C29H31FN4O3. The normalized spacial score (nSPS) is 11.1. The van der Waals surface area contributed by atoms with E-state index in [2.05, 4.69) is 34.0 Å². The van der Waals surface area contributed by atoms with Gasteiger partial charge in [0.2, 0.25) is 5.91 Å². The summed E-state index contributed by atoms with van der Waals surface area (Å²) in [6, 6.07) is 17.2. The number of hydrogen-bond donors (Lipinski definition) is 1. The van der Waals surface area contributed by atoms with Crippen LogP contribution in [0.2, 0.25) is 0 Å². The van der Waals surface area contributed by atoms with Crippen molar-refractivity contribution in [1.82, 2.24) is 14.9 Å². The van der Waals surface area contributed by atoms with Crippen LogP contribution in [0.4, 0.5) is 10.1 Å². The molecule has 0 bridgehead atoms. The number of aromatic nitrogens is 2. The van der Waals surface area contributed by atoms with Gasteiger partial charge in [0.05, 0.1) is 24.7 Å². The molecule has 1 aromatic heterocycles. The van der Waals surface area contributed by atoms with Gasteiger partial charge >= 0.3 is 0 Å². The van der Waals surface area contributed by atoms with Crippen molar-refractivity contribution in [1.29, 1.82) is 0 Å². The van der Waals surface area contributed by atoms with Crippen molar-refractivity contribution in [2.75, 3.05) is 38.7 Å². The second-order valence-electron chi connectivity index (χ2n) is 8.55. The molecule has 0 aliphatic heterocycles. The number of anilines is 1. The number of ether oxygens (including phenoxy) is 2. The van der Waals surface area contributed by atoms with Crippen LogP contribution in [0.15, 0.2) is 67.0 Å². The Morgan fingerprint density at radius 1 is 0.973 bits per heavy atom. The maximum absolute atomic E-state index is 13.1. The summed E-state index contributed by atoms with van der Waals surface area (Å²) in [6.45, 7) is 7.56. The van der Waals surface area contributed by atoms with E-state index in [0.717, 1.165) is 47.4 Å². The molecule has 0 fully saturated rings. The Kier molecular flexibility index (Phi) is 8.64. The number of carbonyl (C=O) groups excluding carboxylic acids is 1. The minimum Gasteiger partial charge on any atom is -0.493 e. The molecule has 8 heteroatoms. The molecule has 192 valence electrons. The number of fused-ring (bicyclic) bond motifs is 1. The van der Waals surface area contributed by atoms with Crippen molar-refractivity contribution in [3.63, 3.8) is 0 Å². The van der Waals surface area contributed by atoms with Gasteiger partial charge in [-0.3, -0.25) is 4.79 Å². The van der Waals surface area contributed by atoms with Gasteiger partial charge in [-0.25, -0.2) is 14.4 Å². The van der Waals surface area contributed by atoms with Crippen LogP contribution in [0.25, 0.3) is 22.2 Å². The predicted molar refractivity (Wildman–Crippen MR) is 144 cm³/mol. The standard InChI is InChI=1S/C29H31FN4O3/c1-4-34(5-2)14-15-37-27-17-24-25(18-26(27)36-3)31-19-32-29(24)21-8-12-23(13-9-21)33-28(35)16-20-6-10-22(30)11-7-20/h6-13,17-19H,4-5,14-16H2,1-3H3,(H,33,35). The summed E-state index contributed by atoms with van der Waals surface area (Å²) in [5.74, 6) is 0.762. The van der Waals surface area contributed by atoms with Crippen molar-refractivity contribution < 1.29 is 18.7 Å². The van der Waals surface area contributed by atoms with E-state index in [1.807, 2.05) is 36.4 Å². The van der Waals surface area contributed by atoms with E-state index < -0.39 is 0 Å². The molecule has 0 unspecified atom stereocenters. The summed E-state index contributed by atoms with van der Waals surface area (Å²) < 4.78 is 24.7. The molecule has 7 nitrogen and oxygen atoms in total. The zero-order valence-electron chi connectivity index (χ0n) is 21.3. The molecular weight excluding hydrogens is 471 g/mol. The smallest absolute Gasteiger partial charge is 0.228 e. The molecule has 37 heavy (non-hydrogen) atoms. The summed E-state index contributed by atoms with van der Waals surface area (Å²) in [5.41, 5.74) is 3.79.